The second-order valence-electron chi connectivity index (χ2n) is 3.37. The molecule has 16 heavy (non-hydrogen) atoms. The number of nitrogens with two attached hydrogens (primary N) is 1. The smallest absolute Gasteiger partial charge is 0.272 e. The van der Waals surface area contributed by atoms with Crippen LogP contribution in [0.2, 0.25) is 0 Å². The van der Waals surface area contributed by atoms with Gasteiger partial charge in [-0.2, -0.15) is 5.21 Å². The summed E-state index contributed by atoms with van der Waals surface area (Å²) >= 11 is 0. The maximum absolute atomic E-state index is 11.8. The summed E-state index contributed by atoms with van der Waals surface area (Å²) < 4.78 is 23.5. The fourth-order valence-corrected chi connectivity index (χ4v) is 2.64. The van der Waals surface area contributed by atoms with Crippen molar-refractivity contribution in [3.05, 3.63) is 5.69 Å². The Bertz CT molecular complexity index is 465. The van der Waals surface area contributed by atoms with Crippen LogP contribution in [-0.2, 0) is 9.84 Å². The highest BCUT2D eigenvalue weighted by Crippen LogP contribution is 2.13. The summed E-state index contributed by atoms with van der Waals surface area (Å²) in [5.74, 6) is -0.948. The highest BCUT2D eigenvalue weighted by molar-refractivity contribution is 7.91. The second kappa shape index (κ2) is 5.06. The molecule has 0 atom stereocenters. The van der Waals surface area contributed by atoms with E-state index in [2.05, 4.69) is 15.4 Å². The zero-order chi connectivity index (χ0) is 12.2. The van der Waals surface area contributed by atoms with E-state index in [9.17, 15) is 13.2 Å². The van der Waals surface area contributed by atoms with E-state index in [0.29, 0.717) is 6.42 Å². The van der Waals surface area contributed by atoms with Gasteiger partial charge in [0.15, 0.2) is 15.5 Å². The van der Waals surface area contributed by atoms with Gasteiger partial charge in [0, 0.05) is 0 Å². The number of rotatable bonds is 6. The molecule has 0 aliphatic rings. The van der Waals surface area contributed by atoms with Gasteiger partial charge < -0.3 is 5.73 Å². The van der Waals surface area contributed by atoms with E-state index in [0.717, 1.165) is 12.8 Å². The second-order valence-corrected chi connectivity index (χ2v) is 5.39. The lowest BCUT2D eigenvalue weighted by atomic mass is 10.3. The third kappa shape index (κ3) is 2.78. The summed E-state index contributed by atoms with van der Waals surface area (Å²) in [4.78, 5) is 10.9. The van der Waals surface area contributed by atoms with E-state index < -0.39 is 15.7 Å². The van der Waals surface area contributed by atoms with Gasteiger partial charge in [0.1, 0.15) is 0 Å². The van der Waals surface area contributed by atoms with Crippen molar-refractivity contribution in [1.82, 2.24) is 15.4 Å². The predicted octanol–water partition coefficient (Wildman–Crippen LogP) is -0.132. The number of amides is 1. The van der Waals surface area contributed by atoms with Gasteiger partial charge in [0.25, 0.3) is 5.91 Å². The first-order valence-electron chi connectivity index (χ1n) is 4.92. The molecule has 0 spiro atoms. The Morgan fingerprint density at radius 1 is 1.38 bits per heavy atom. The summed E-state index contributed by atoms with van der Waals surface area (Å²) in [7, 11) is -3.57. The van der Waals surface area contributed by atoms with Crippen LogP contribution >= 0.6 is 0 Å². The molecule has 1 aromatic rings. The Morgan fingerprint density at radius 2 is 2.06 bits per heavy atom. The minimum atomic E-state index is -3.57. The Kier molecular flexibility index (Phi) is 3.99. The molecular formula is C8H14N4O3S. The number of aromatic nitrogens is 3. The number of hydrogen-bond donors (Lipinski definition) is 2. The highest BCUT2D eigenvalue weighted by Gasteiger charge is 2.25. The van der Waals surface area contributed by atoms with Crippen LogP contribution in [0.4, 0.5) is 0 Å². The molecule has 1 rings (SSSR count). The summed E-state index contributed by atoms with van der Waals surface area (Å²) in [6.07, 6.45) is 2.25. The normalized spacial score (nSPS) is 11.6. The fraction of sp³-hybridized carbons (Fsp3) is 0.625. The van der Waals surface area contributed by atoms with Gasteiger partial charge in [-0.05, 0) is 6.42 Å². The zero-order valence-corrected chi connectivity index (χ0v) is 9.75. The van der Waals surface area contributed by atoms with E-state index in [1.807, 2.05) is 6.92 Å². The molecule has 0 unspecified atom stereocenters. The van der Waals surface area contributed by atoms with Crippen LogP contribution in [0.15, 0.2) is 5.03 Å². The number of unbranched alkanes of at least 4 members (excludes halogenated alkanes) is 2. The number of hydrogen-bond acceptors (Lipinski definition) is 5. The molecule has 1 heterocycles. The molecule has 0 aromatic carbocycles. The SMILES string of the molecule is CCCCCS(=O)(=O)c1n[nH]nc1C(N)=O. The lowest BCUT2D eigenvalue weighted by molar-refractivity contribution is 0.0992. The Labute approximate surface area is 93.3 Å². The van der Waals surface area contributed by atoms with Crippen LogP contribution in [0.3, 0.4) is 0 Å². The van der Waals surface area contributed by atoms with Gasteiger partial charge >= 0.3 is 0 Å². The predicted molar refractivity (Wildman–Crippen MR) is 56.5 cm³/mol. The van der Waals surface area contributed by atoms with Crippen molar-refractivity contribution in [3.8, 4) is 0 Å². The summed E-state index contributed by atoms with van der Waals surface area (Å²) in [6.45, 7) is 1.97. The summed E-state index contributed by atoms with van der Waals surface area (Å²) in [6, 6.07) is 0. The van der Waals surface area contributed by atoms with Crippen molar-refractivity contribution >= 4 is 15.7 Å². The highest BCUT2D eigenvalue weighted by atomic mass is 32.2. The Balaban J connectivity index is 2.90. The molecule has 3 N–H and O–H groups in total. The van der Waals surface area contributed by atoms with E-state index in [1.54, 1.807) is 0 Å². The molecule has 1 amide bonds. The molecule has 0 bridgehead atoms. The maximum Gasteiger partial charge on any atom is 0.272 e. The van der Waals surface area contributed by atoms with Crippen molar-refractivity contribution in [2.45, 2.75) is 31.2 Å². The number of H-pyrrole nitrogens is 1. The van der Waals surface area contributed by atoms with Crippen molar-refractivity contribution in [2.75, 3.05) is 5.75 Å². The molecule has 8 heteroatoms. The van der Waals surface area contributed by atoms with E-state index in [4.69, 9.17) is 5.73 Å². The Morgan fingerprint density at radius 3 is 2.62 bits per heavy atom. The molecule has 0 fully saturated rings. The standard InChI is InChI=1S/C8H14N4O3S/c1-2-3-4-5-16(14,15)8-6(7(9)13)10-12-11-8/h2-5H2,1H3,(H2,9,13)(H,10,11,12). The molecule has 0 radical (unpaired) electrons. The van der Waals surface area contributed by atoms with Gasteiger partial charge in [-0.1, -0.05) is 19.8 Å². The summed E-state index contributed by atoms with van der Waals surface area (Å²) in [5, 5.41) is 8.63. The van der Waals surface area contributed by atoms with Crippen molar-refractivity contribution < 1.29 is 13.2 Å². The zero-order valence-electron chi connectivity index (χ0n) is 8.93. The third-order valence-electron chi connectivity index (χ3n) is 2.06. The molecule has 0 saturated carbocycles. The van der Waals surface area contributed by atoms with Crippen LogP contribution in [0.25, 0.3) is 0 Å². The monoisotopic (exact) mass is 246 g/mol. The molecule has 7 nitrogen and oxygen atoms in total. The minimum Gasteiger partial charge on any atom is -0.364 e. The largest absolute Gasteiger partial charge is 0.364 e. The number of carbonyl (C=O) groups excluding carboxylic acids is 1. The van der Waals surface area contributed by atoms with Crippen LogP contribution < -0.4 is 5.73 Å². The minimum absolute atomic E-state index is 0.0480. The lowest BCUT2D eigenvalue weighted by Crippen LogP contribution is -2.18. The third-order valence-corrected chi connectivity index (χ3v) is 3.76. The van der Waals surface area contributed by atoms with Crippen molar-refractivity contribution in [1.29, 1.82) is 0 Å². The number of sulfone groups is 1. The van der Waals surface area contributed by atoms with Gasteiger partial charge in [0.05, 0.1) is 5.75 Å². The molecule has 90 valence electrons. The average Bonchev–Trinajstić information content (AvgIpc) is 2.66. The number of primary amides is 1. The number of nitrogens with one attached hydrogen (secondary N) is 1. The first kappa shape index (κ1) is 12.6. The lowest BCUT2D eigenvalue weighted by Gasteiger charge is -2.00. The molecular weight excluding hydrogens is 232 g/mol. The fourth-order valence-electron chi connectivity index (χ4n) is 1.24. The number of carbonyl (C=O) groups is 1. The average molecular weight is 246 g/mol. The molecule has 0 aliphatic heterocycles. The molecule has 0 aliphatic carbocycles. The van der Waals surface area contributed by atoms with Gasteiger partial charge in [-0.25, -0.2) is 8.42 Å². The quantitative estimate of drug-likeness (QED) is 0.677. The first-order chi connectivity index (χ1) is 7.49. The maximum atomic E-state index is 11.8. The van der Waals surface area contributed by atoms with Gasteiger partial charge in [0.2, 0.25) is 5.03 Å². The van der Waals surface area contributed by atoms with E-state index >= 15 is 0 Å². The van der Waals surface area contributed by atoms with Crippen molar-refractivity contribution in [2.24, 2.45) is 5.73 Å². The van der Waals surface area contributed by atoms with Gasteiger partial charge in [-0.3, -0.25) is 4.79 Å². The first-order valence-corrected chi connectivity index (χ1v) is 6.57. The van der Waals surface area contributed by atoms with Gasteiger partial charge in [-0.15, -0.1) is 10.2 Å². The van der Waals surface area contributed by atoms with Crippen molar-refractivity contribution in [3.63, 3.8) is 0 Å². The summed E-state index contributed by atoms with van der Waals surface area (Å²) in [5.41, 5.74) is 4.66. The van der Waals surface area contributed by atoms with E-state index in [-0.39, 0.29) is 16.5 Å². The van der Waals surface area contributed by atoms with Crippen LogP contribution in [-0.4, -0.2) is 35.5 Å². The van der Waals surface area contributed by atoms with Crippen LogP contribution in [0.5, 0.6) is 0 Å². The molecule has 1 aromatic heterocycles. The molecule has 0 saturated heterocycles. The number of aromatic amines is 1. The topological polar surface area (TPSA) is 119 Å². The van der Waals surface area contributed by atoms with E-state index in [1.165, 1.54) is 0 Å². The number of nitrogens with zero attached hydrogens (tertiary/aromatic N) is 2. The van der Waals surface area contributed by atoms with Crippen LogP contribution in [0, 0.1) is 0 Å². The Hall–Kier alpha value is -1.44. The van der Waals surface area contributed by atoms with Crippen LogP contribution in [0.1, 0.15) is 36.7 Å².